The number of rotatable bonds is 10. The summed E-state index contributed by atoms with van der Waals surface area (Å²) in [5, 5.41) is 2.65. The molecule has 2 rings (SSSR count). The van der Waals surface area contributed by atoms with Gasteiger partial charge in [0.05, 0.1) is 12.8 Å². The summed E-state index contributed by atoms with van der Waals surface area (Å²) in [7, 11) is -3.91. The molecule has 0 aliphatic rings. The molecular weight excluding hydrogens is 390 g/mol. The third-order valence-corrected chi connectivity index (χ3v) is 4.95. The Morgan fingerprint density at radius 1 is 1.07 bits per heavy atom. The highest BCUT2D eigenvalue weighted by atomic mass is 32.2. The molecular formula is C19H22F2N2O4S. The van der Waals surface area contributed by atoms with Crippen LogP contribution in [0.15, 0.2) is 48.5 Å². The second kappa shape index (κ2) is 10.0. The molecule has 1 amide bonds. The van der Waals surface area contributed by atoms with Crippen molar-refractivity contribution in [2.24, 2.45) is 0 Å². The minimum atomic E-state index is -3.91. The molecule has 0 saturated carbocycles. The van der Waals surface area contributed by atoms with Crippen LogP contribution in [0.2, 0.25) is 0 Å². The average molecular weight is 412 g/mol. The SMILES string of the molecule is CS(=O)(=O)N(CCCC(=O)NCCOc1ccccc1)c1c(F)cccc1F. The van der Waals surface area contributed by atoms with E-state index in [0.29, 0.717) is 10.1 Å². The van der Waals surface area contributed by atoms with Crippen LogP contribution in [0.3, 0.4) is 0 Å². The number of hydrogen-bond donors (Lipinski definition) is 1. The van der Waals surface area contributed by atoms with Crippen LogP contribution in [0.25, 0.3) is 0 Å². The van der Waals surface area contributed by atoms with Crippen LogP contribution >= 0.6 is 0 Å². The van der Waals surface area contributed by atoms with Gasteiger partial charge in [0.25, 0.3) is 0 Å². The van der Waals surface area contributed by atoms with Gasteiger partial charge in [0, 0.05) is 13.0 Å². The Labute approximate surface area is 163 Å². The average Bonchev–Trinajstić information content (AvgIpc) is 2.64. The first-order chi connectivity index (χ1) is 13.3. The number of amides is 1. The normalized spacial score (nSPS) is 11.1. The number of sulfonamides is 1. The zero-order chi connectivity index (χ0) is 20.6. The van der Waals surface area contributed by atoms with Gasteiger partial charge in [-0.25, -0.2) is 17.2 Å². The van der Waals surface area contributed by atoms with Crippen LogP contribution in [-0.2, 0) is 14.8 Å². The number of para-hydroxylation sites is 2. The Hall–Kier alpha value is -2.68. The fourth-order valence-electron chi connectivity index (χ4n) is 2.52. The summed E-state index contributed by atoms with van der Waals surface area (Å²) in [6.45, 7) is 0.349. The van der Waals surface area contributed by atoms with Crippen LogP contribution in [0, 0.1) is 11.6 Å². The second-order valence-corrected chi connectivity index (χ2v) is 7.93. The second-order valence-electron chi connectivity index (χ2n) is 6.02. The van der Waals surface area contributed by atoms with E-state index in [1.165, 1.54) is 0 Å². The van der Waals surface area contributed by atoms with E-state index in [1.807, 2.05) is 18.2 Å². The first-order valence-electron chi connectivity index (χ1n) is 8.65. The van der Waals surface area contributed by atoms with Crippen molar-refractivity contribution >= 4 is 21.6 Å². The van der Waals surface area contributed by atoms with Gasteiger partial charge in [0.2, 0.25) is 15.9 Å². The van der Waals surface area contributed by atoms with Crippen molar-refractivity contribution in [1.29, 1.82) is 0 Å². The lowest BCUT2D eigenvalue weighted by Crippen LogP contribution is -2.34. The van der Waals surface area contributed by atoms with Crippen LogP contribution in [0.1, 0.15) is 12.8 Å². The maximum atomic E-state index is 13.9. The Balaban J connectivity index is 1.81. The van der Waals surface area contributed by atoms with Crippen LogP contribution in [0.4, 0.5) is 14.5 Å². The Morgan fingerprint density at radius 2 is 1.71 bits per heavy atom. The maximum absolute atomic E-state index is 13.9. The van der Waals surface area contributed by atoms with Gasteiger partial charge in [-0.1, -0.05) is 24.3 Å². The van der Waals surface area contributed by atoms with Crippen molar-refractivity contribution in [3.8, 4) is 5.75 Å². The van der Waals surface area contributed by atoms with E-state index in [4.69, 9.17) is 4.74 Å². The van der Waals surface area contributed by atoms with Crippen LogP contribution < -0.4 is 14.4 Å². The largest absolute Gasteiger partial charge is 0.492 e. The molecule has 0 bridgehead atoms. The van der Waals surface area contributed by atoms with E-state index >= 15 is 0 Å². The number of nitrogens with one attached hydrogen (secondary N) is 1. The number of carbonyl (C=O) groups is 1. The van der Waals surface area contributed by atoms with Crippen LogP contribution in [0.5, 0.6) is 5.75 Å². The summed E-state index contributed by atoms with van der Waals surface area (Å²) in [4.78, 5) is 11.9. The number of ether oxygens (including phenoxy) is 1. The van der Waals surface area contributed by atoms with Crippen molar-refractivity contribution in [2.75, 3.05) is 30.3 Å². The summed E-state index contributed by atoms with van der Waals surface area (Å²) in [6, 6.07) is 12.2. The van der Waals surface area contributed by atoms with Crippen molar-refractivity contribution in [1.82, 2.24) is 5.32 Å². The number of halogens is 2. The van der Waals surface area contributed by atoms with Gasteiger partial charge < -0.3 is 10.1 Å². The van der Waals surface area contributed by atoms with E-state index < -0.39 is 27.3 Å². The zero-order valence-corrected chi connectivity index (χ0v) is 16.2. The molecule has 9 heteroatoms. The molecule has 2 aromatic rings. The minimum absolute atomic E-state index is 0.00737. The summed E-state index contributed by atoms with van der Waals surface area (Å²) < 4.78 is 57.8. The highest BCUT2D eigenvalue weighted by Gasteiger charge is 2.24. The molecule has 0 heterocycles. The molecule has 0 fully saturated rings. The van der Waals surface area contributed by atoms with E-state index in [9.17, 15) is 22.0 Å². The fourth-order valence-corrected chi connectivity index (χ4v) is 3.49. The predicted molar refractivity (Wildman–Crippen MR) is 103 cm³/mol. The lowest BCUT2D eigenvalue weighted by molar-refractivity contribution is -0.121. The Morgan fingerprint density at radius 3 is 2.32 bits per heavy atom. The molecule has 0 unspecified atom stereocenters. The van der Waals surface area contributed by atoms with Crippen molar-refractivity contribution in [3.63, 3.8) is 0 Å². The smallest absolute Gasteiger partial charge is 0.232 e. The van der Waals surface area contributed by atoms with Gasteiger partial charge in [-0.15, -0.1) is 0 Å². The molecule has 0 aliphatic carbocycles. The number of carbonyl (C=O) groups excluding carboxylic acids is 1. The van der Waals surface area contributed by atoms with Gasteiger partial charge in [0.15, 0.2) is 11.6 Å². The molecule has 2 aromatic carbocycles. The van der Waals surface area contributed by atoms with E-state index in [-0.39, 0.29) is 38.4 Å². The Kier molecular flexibility index (Phi) is 7.74. The van der Waals surface area contributed by atoms with Gasteiger partial charge in [-0.05, 0) is 30.7 Å². The molecule has 0 spiro atoms. The van der Waals surface area contributed by atoms with Crippen molar-refractivity contribution in [3.05, 3.63) is 60.2 Å². The molecule has 0 atom stereocenters. The third-order valence-electron chi connectivity index (χ3n) is 3.79. The maximum Gasteiger partial charge on any atom is 0.232 e. The van der Waals surface area contributed by atoms with Gasteiger partial charge in [-0.2, -0.15) is 0 Å². The van der Waals surface area contributed by atoms with E-state index in [1.54, 1.807) is 12.1 Å². The van der Waals surface area contributed by atoms with Gasteiger partial charge >= 0.3 is 0 Å². The summed E-state index contributed by atoms with van der Waals surface area (Å²) in [5.74, 6) is -1.58. The monoisotopic (exact) mass is 412 g/mol. The van der Waals surface area contributed by atoms with Crippen LogP contribution in [-0.4, -0.2) is 40.3 Å². The standard InChI is InChI=1S/C19H22F2N2O4S/c1-28(25,26)23(19-16(20)9-5-10-17(19)21)13-6-11-18(24)22-12-14-27-15-7-3-2-4-8-15/h2-5,7-10H,6,11-14H2,1H3,(H,22,24). The summed E-state index contributed by atoms with van der Waals surface area (Å²) in [5.41, 5.74) is -0.637. The number of anilines is 1. The first-order valence-corrected chi connectivity index (χ1v) is 10.5. The Bertz CT molecular complexity index is 872. The molecule has 0 aromatic heterocycles. The minimum Gasteiger partial charge on any atom is -0.492 e. The topological polar surface area (TPSA) is 75.7 Å². The van der Waals surface area contributed by atoms with Gasteiger partial charge in [-0.3, -0.25) is 9.10 Å². The molecule has 6 nitrogen and oxygen atoms in total. The molecule has 152 valence electrons. The van der Waals surface area contributed by atoms with Gasteiger partial charge in [0.1, 0.15) is 18.0 Å². The highest BCUT2D eigenvalue weighted by Crippen LogP contribution is 2.25. The molecule has 0 saturated heterocycles. The summed E-state index contributed by atoms with van der Waals surface area (Å²) in [6.07, 6.45) is 0.972. The molecule has 0 aliphatic heterocycles. The summed E-state index contributed by atoms with van der Waals surface area (Å²) >= 11 is 0. The number of hydrogen-bond acceptors (Lipinski definition) is 4. The lowest BCUT2D eigenvalue weighted by atomic mass is 10.2. The highest BCUT2D eigenvalue weighted by molar-refractivity contribution is 7.92. The quantitative estimate of drug-likeness (QED) is 0.609. The lowest BCUT2D eigenvalue weighted by Gasteiger charge is -2.23. The first kappa shape index (κ1) is 21.6. The molecule has 0 radical (unpaired) electrons. The zero-order valence-electron chi connectivity index (χ0n) is 15.4. The number of benzene rings is 2. The van der Waals surface area contributed by atoms with E-state index in [2.05, 4.69) is 5.32 Å². The van der Waals surface area contributed by atoms with E-state index in [0.717, 1.165) is 24.5 Å². The third kappa shape index (κ3) is 6.49. The molecule has 28 heavy (non-hydrogen) atoms. The van der Waals surface area contributed by atoms with Crippen molar-refractivity contribution in [2.45, 2.75) is 12.8 Å². The predicted octanol–water partition coefficient (Wildman–Crippen LogP) is 2.71. The molecule has 1 N–H and O–H groups in total. The fraction of sp³-hybridized carbons (Fsp3) is 0.316. The number of nitrogens with zero attached hydrogens (tertiary/aromatic N) is 1. The van der Waals surface area contributed by atoms with Crippen molar-refractivity contribution < 1.29 is 26.7 Å².